The minimum atomic E-state index is -0.628. The molecule has 0 aromatic heterocycles. The molecule has 1 rings (SSSR count). The van der Waals surface area contributed by atoms with Gasteiger partial charge in [0.2, 0.25) is 5.91 Å². The summed E-state index contributed by atoms with van der Waals surface area (Å²) >= 11 is 0. The van der Waals surface area contributed by atoms with E-state index in [0.29, 0.717) is 0 Å². The Hall–Kier alpha value is -1.26. The number of nitrogens with one attached hydrogen (secondary N) is 1. The fourth-order valence-electron chi connectivity index (χ4n) is 2.21. The van der Waals surface area contributed by atoms with Crippen LogP contribution in [0.15, 0.2) is 5.16 Å². The third kappa shape index (κ3) is 2.84. The molecule has 0 aliphatic heterocycles. The Bertz CT molecular complexity index is 255. The molecule has 0 unspecified atom stereocenters. The van der Waals surface area contributed by atoms with Crippen LogP contribution in [0, 0.1) is 0 Å². The van der Waals surface area contributed by atoms with Gasteiger partial charge in [0.15, 0.2) is 5.84 Å². The van der Waals surface area contributed by atoms with Crippen LogP contribution in [0.5, 0.6) is 0 Å². The maximum Gasteiger partial charge on any atom is 0.217 e. The van der Waals surface area contributed by atoms with E-state index < -0.39 is 5.54 Å². The maximum absolute atomic E-state index is 11.1. The summed E-state index contributed by atoms with van der Waals surface area (Å²) in [6.45, 7) is 1.46. The van der Waals surface area contributed by atoms with Crippen molar-refractivity contribution in [3.05, 3.63) is 0 Å². The summed E-state index contributed by atoms with van der Waals surface area (Å²) in [5, 5.41) is 14.7. The lowest BCUT2D eigenvalue weighted by molar-refractivity contribution is -0.120. The second-order valence-electron chi connectivity index (χ2n) is 4.16. The molecular formula is C10H19N3O2. The molecule has 0 saturated heterocycles. The molecule has 1 fully saturated rings. The minimum absolute atomic E-state index is 0.125. The quantitative estimate of drug-likeness (QED) is 0.210. The van der Waals surface area contributed by atoms with Gasteiger partial charge in [0.25, 0.3) is 0 Å². The van der Waals surface area contributed by atoms with E-state index in [1.807, 2.05) is 0 Å². The topological polar surface area (TPSA) is 87.7 Å². The number of nitrogens with zero attached hydrogens (tertiary/aromatic N) is 1. The predicted molar refractivity (Wildman–Crippen MR) is 57.7 cm³/mol. The normalized spacial score (nSPS) is 21.8. The Kier molecular flexibility index (Phi) is 3.94. The predicted octanol–water partition coefficient (Wildman–Crippen LogP) is 0.962. The number of hydrogen-bond acceptors (Lipinski definition) is 3. The molecule has 1 amide bonds. The van der Waals surface area contributed by atoms with Crippen molar-refractivity contribution in [2.24, 2.45) is 10.9 Å². The van der Waals surface area contributed by atoms with Gasteiger partial charge in [0.1, 0.15) is 5.54 Å². The fraction of sp³-hybridized carbons (Fsp3) is 0.800. The Morgan fingerprint density at radius 3 is 2.27 bits per heavy atom. The third-order valence-electron chi connectivity index (χ3n) is 2.97. The van der Waals surface area contributed by atoms with Crippen molar-refractivity contribution >= 4 is 11.7 Å². The highest BCUT2D eigenvalue weighted by atomic mass is 16.4. The highest BCUT2D eigenvalue weighted by Gasteiger charge is 2.36. The zero-order valence-electron chi connectivity index (χ0n) is 9.12. The van der Waals surface area contributed by atoms with E-state index in [-0.39, 0.29) is 11.7 Å². The van der Waals surface area contributed by atoms with Crippen LogP contribution in [-0.2, 0) is 4.79 Å². The zero-order chi connectivity index (χ0) is 11.3. The molecule has 0 aromatic rings. The van der Waals surface area contributed by atoms with E-state index in [1.165, 1.54) is 6.92 Å². The molecule has 15 heavy (non-hydrogen) atoms. The van der Waals surface area contributed by atoms with Crippen LogP contribution < -0.4 is 11.1 Å². The van der Waals surface area contributed by atoms with E-state index in [0.717, 1.165) is 38.5 Å². The lowest BCUT2D eigenvalue weighted by Crippen LogP contribution is -2.56. The molecule has 5 nitrogen and oxygen atoms in total. The summed E-state index contributed by atoms with van der Waals surface area (Å²) in [4.78, 5) is 11.1. The summed E-state index contributed by atoms with van der Waals surface area (Å²) < 4.78 is 0. The van der Waals surface area contributed by atoms with E-state index >= 15 is 0 Å². The van der Waals surface area contributed by atoms with Gasteiger partial charge >= 0.3 is 0 Å². The highest BCUT2D eigenvalue weighted by molar-refractivity contribution is 5.93. The second kappa shape index (κ2) is 5.00. The number of oxime groups is 1. The third-order valence-corrected chi connectivity index (χ3v) is 2.97. The number of amides is 1. The van der Waals surface area contributed by atoms with Crippen molar-refractivity contribution in [1.29, 1.82) is 0 Å². The van der Waals surface area contributed by atoms with Gasteiger partial charge in [-0.05, 0) is 12.8 Å². The first kappa shape index (κ1) is 11.8. The Morgan fingerprint density at radius 2 is 1.87 bits per heavy atom. The molecule has 5 heteroatoms. The molecule has 0 aromatic carbocycles. The minimum Gasteiger partial charge on any atom is -0.409 e. The van der Waals surface area contributed by atoms with Gasteiger partial charge in [-0.15, -0.1) is 0 Å². The molecule has 1 aliphatic carbocycles. The number of hydrogen-bond donors (Lipinski definition) is 3. The monoisotopic (exact) mass is 213 g/mol. The van der Waals surface area contributed by atoms with Crippen LogP contribution in [0.4, 0.5) is 0 Å². The summed E-state index contributed by atoms with van der Waals surface area (Å²) in [5.74, 6) is -0.0110. The average Bonchev–Trinajstić information content (AvgIpc) is 2.42. The number of rotatable bonds is 2. The number of amidine groups is 1. The van der Waals surface area contributed by atoms with E-state index in [9.17, 15) is 4.79 Å². The van der Waals surface area contributed by atoms with Crippen LogP contribution in [0.25, 0.3) is 0 Å². The van der Waals surface area contributed by atoms with Crippen molar-refractivity contribution in [3.8, 4) is 0 Å². The van der Waals surface area contributed by atoms with Gasteiger partial charge in [-0.2, -0.15) is 0 Å². The molecule has 0 spiro atoms. The maximum atomic E-state index is 11.1. The standard InChI is InChI=1S/C10H19N3O2/c1-8(14)12-10(9(11)13-15)6-4-2-3-5-7-10/h15H,2-7H2,1H3,(H2,11,13)(H,12,14). The SMILES string of the molecule is CC(=O)NC1(/C(N)=N\O)CCCCCC1. The van der Waals surface area contributed by atoms with Gasteiger partial charge in [0, 0.05) is 6.92 Å². The lowest BCUT2D eigenvalue weighted by Gasteiger charge is -2.31. The fourth-order valence-corrected chi connectivity index (χ4v) is 2.21. The van der Waals surface area contributed by atoms with Crippen LogP contribution in [-0.4, -0.2) is 22.5 Å². The van der Waals surface area contributed by atoms with Gasteiger partial charge < -0.3 is 16.3 Å². The van der Waals surface area contributed by atoms with Crippen molar-refractivity contribution in [3.63, 3.8) is 0 Å². The van der Waals surface area contributed by atoms with Crippen LogP contribution in [0.2, 0.25) is 0 Å². The summed E-state index contributed by atoms with van der Waals surface area (Å²) in [6, 6.07) is 0. The van der Waals surface area contributed by atoms with Crippen LogP contribution >= 0.6 is 0 Å². The summed E-state index contributed by atoms with van der Waals surface area (Å²) in [7, 11) is 0. The summed E-state index contributed by atoms with van der Waals surface area (Å²) in [5.41, 5.74) is 5.06. The van der Waals surface area contributed by atoms with Gasteiger partial charge in [-0.3, -0.25) is 4.79 Å². The van der Waals surface area contributed by atoms with Crippen LogP contribution in [0.1, 0.15) is 45.4 Å². The van der Waals surface area contributed by atoms with E-state index in [4.69, 9.17) is 10.9 Å². The largest absolute Gasteiger partial charge is 0.409 e. The average molecular weight is 213 g/mol. The van der Waals surface area contributed by atoms with Gasteiger partial charge in [-0.25, -0.2) is 0 Å². The molecule has 0 heterocycles. The van der Waals surface area contributed by atoms with Crippen molar-refractivity contribution in [2.45, 2.75) is 51.0 Å². The van der Waals surface area contributed by atoms with Gasteiger partial charge in [-0.1, -0.05) is 30.8 Å². The molecular weight excluding hydrogens is 194 g/mol. The molecule has 0 bridgehead atoms. The Balaban J connectivity index is 2.87. The van der Waals surface area contributed by atoms with Gasteiger partial charge in [0.05, 0.1) is 0 Å². The molecule has 1 aliphatic rings. The molecule has 86 valence electrons. The number of carbonyl (C=O) groups excluding carboxylic acids is 1. The first-order valence-electron chi connectivity index (χ1n) is 5.37. The summed E-state index contributed by atoms with van der Waals surface area (Å²) in [6.07, 6.45) is 5.78. The highest BCUT2D eigenvalue weighted by Crippen LogP contribution is 2.27. The smallest absolute Gasteiger partial charge is 0.217 e. The molecule has 1 saturated carbocycles. The van der Waals surface area contributed by atoms with Crippen molar-refractivity contribution in [2.75, 3.05) is 0 Å². The van der Waals surface area contributed by atoms with Crippen molar-refractivity contribution < 1.29 is 10.0 Å². The Morgan fingerprint density at radius 1 is 1.33 bits per heavy atom. The first-order valence-corrected chi connectivity index (χ1v) is 5.37. The second-order valence-corrected chi connectivity index (χ2v) is 4.16. The molecule has 4 N–H and O–H groups in total. The number of carbonyl (C=O) groups is 1. The molecule has 0 atom stereocenters. The first-order chi connectivity index (χ1) is 7.10. The van der Waals surface area contributed by atoms with Crippen molar-refractivity contribution in [1.82, 2.24) is 5.32 Å². The van der Waals surface area contributed by atoms with E-state index in [1.54, 1.807) is 0 Å². The lowest BCUT2D eigenvalue weighted by atomic mass is 9.89. The number of nitrogens with two attached hydrogens (primary N) is 1. The zero-order valence-corrected chi connectivity index (χ0v) is 9.12. The Labute approximate surface area is 89.7 Å². The molecule has 0 radical (unpaired) electrons. The van der Waals surface area contributed by atoms with Crippen LogP contribution in [0.3, 0.4) is 0 Å². The van der Waals surface area contributed by atoms with E-state index in [2.05, 4.69) is 10.5 Å².